The van der Waals surface area contributed by atoms with Gasteiger partial charge in [-0.05, 0) is 43.7 Å². The first-order chi connectivity index (χ1) is 12.0. The van der Waals surface area contributed by atoms with E-state index in [9.17, 15) is 4.79 Å². The molecule has 0 saturated heterocycles. The Morgan fingerprint density at radius 3 is 2.52 bits per heavy atom. The lowest BCUT2D eigenvalue weighted by Crippen LogP contribution is -2.28. The van der Waals surface area contributed by atoms with Gasteiger partial charge in [0.25, 0.3) is 0 Å². The van der Waals surface area contributed by atoms with Crippen LogP contribution in [0, 0.1) is 6.92 Å². The van der Waals surface area contributed by atoms with Gasteiger partial charge in [0.1, 0.15) is 5.76 Å². The first-order valence-corrected chi connectivity index (χ1v) is 8.89. The van der Waals surface area contributed by atoms with Crippen LogP contribution < -0.4 is 5.32 Å². The highest BCUT2D eigenvalue weighted by molar-refractivity contribution is 9.10. The molecule has 2 aromatic carbocycles. The van der Waals surface area contributed by atoms with E-state index in [-0.39, 0.29) is 18.4 Å². The number of hydrogen-bond donors (Lipinski definition) is 1. The van der Waals surface area contributed by atoms with E-state index in [4.69, 9.17) is 4.42 Å². The number of nitrogens with zero attached hydrogens (tertiary/aromatic N) is 1. The van der Waals surface area contributed by atoms with E-state index in [0.29, 0.717) is 17.3 Å². The van der Waals surface area contributed by atoms with E-state index >= 15 is 0 Å². The lowest BCUT2D eigenvalue weighted by Gasteiger charge is -2.14. The average molecular weight is 399 g/mol. The molecule has 0 bridgehead atoms. The summed E-state index contributed by atoms with van der Waals surface area (Å²) in [7, 11) is 0. The lowest BCUT2D eigenvalue weighted by molar-refractivity contribution is -0.121. The lowest BCUT2D eigenvalue weighted by atomic mass is 10.1. The largest absolute Gasteiger partial charge is 0.441 e. The van der Waals surface area contributed by atoms with Crippen molar-refractivity contribution in [1.29, 1.82) is 0 Å². The number of amides is 1. The predicted octanol–water partition coefficient (Wildman–Crippen LogP) is 4.83. The second-order valence-electron chi connectivity index (χ2n) is 5.91. The number of benzene rings is 2. The minimum atomic E-state index is -0.0774. The highest BCUT2D eigenvalue weighted by Gasteiger charge is 2.16. The van der Waals surface area contributed by atoms with Gasteiger partial charge in [0.15, 0.2) is 0 Å². The Morgan fingerprint density at radius 2 is 1.84 bits per heavy atom. The number of carbonyl (C=O) groups is 1. The molecule has 1 N–H and O–H groups in total. The summed E-state index contributed by atoms with van der Waals surface area (Å²) in [6, 6.07) is 17.5. The van der Waals surface area contributed by atoms with Gasteiger partial charge in [-0.2, -0.15) is 0 Å². The van der Waals surface area contributed by atoms with Crippen LogP contribution in [-0.2, 0) is 11.2 Å². The maximum Gasteiger partial charge on any atom is 0.226 e. The molecular formula is C20H19BrN2O2. The maximum atomic E-state index is 12.4. The van der Waals surface area contributed by atoms with Crippen LogP contribution in [0.2, 0.25) is 0 Å². The number of hydrogen-bond acceptors (Lipinski definition) is 3. The van der Waals surface area contributed by atoms with Crippen molar-refractivity contribution in [2.24, 2.45) is 0 Å². The van der Waals surface area contributed by atoms with E-state index in [1.807, 2.05) is 68.4 Å². The van der Waals surface area contributed by atoms with Crippen molar-refractivity contribution in [3.8, 4) is 11.5 Å². The summed E-state index contributed by atoms with van der Waals surface area (Å²) >= 11 is 3.41. The van der Waals surface area contributed by atoms with Crippen LogP contribution in [0.3, 0.4) is 0 Å². The summed E-state index contributed by atoms with van der Waals surface area (Å²) in [4.78, 5) is 16.8. The second kappa shape index (κ2) is 7.66. The number of nitrogens with one attached hydrogen (secondary N) is 1. The smallest absolute Gasteiger partial charge is 0.226 e. The number of oxazole rings is 1. The number of carbonyl (C=O) groups excluding carboxylic acids is 1. The summed E-state index contributed by atoms with van der Waals surface area (Å²) in [6.45, 7) is 3.80. The van der Waals surface area contributed by atoms with Gasteiger partial charge in [0.05, 0.1) is 18.2 Å². The molecule has 1 amide bonds. The van der Waals surface area contributed by atoms with E-state index < -0.39 is 0 Å². The highest BCUT2D eigenvalue weighted by Crippen LogP contribution is 2.22. The minimum Gasteiger partial charge on any atom is -0.441 e. The van der Waals surface area contributed by atoms with Crippen LogP contribution in [-0.4, -0.2) is 10.9 Å². The fraction of sp³-hybridized carbons (Fsp3) is 0.200. The third kappa shape index (κ3) is 4.37. The van der Waals surface area contributed by atoms with Crippen molar-refractivity contribution < 1.29 is 9.21 Å². The predicted molar refractivity (Wildman–Crippen MR) is 101 cm³/mol. The normalized spacial score (nSPS) is 12.0. The van der Waals surface area contributed by atoms with Crippen molar-refractivity contribution in [2.45, 2.75) is 26.3 Å². The van der Waals surface area contributed by atoms with Crippen LogP contribution in [0.5, 0.6) is 0 Å². The number of rotatable bonds is 5. The van der Waals surface area contributed by atoms with Gasteiger partial charge < -0.3 is 9.73 Å². The molecule has 0 aliphatic heterocycles. The van der Waals surface area contributed by atoms with Crippen molar-refractivity contribution in [3.05, 3.63) is 76.1 Å². The van der Waals surface area contributed by atoms with E-state index in [2.05, 4.69) is 26.2 Å². The first-order valence-electron chi connectivity index (χ1n) is 8.09. The van der Waals surface area contributed by atoms with Gasteiger partial charge in [0.2, 0.25) is 11.8 Å². The minimum absolute atomic E-state index is 0.0681. The molecule has 1 unspecified atom stereocenters. The molecule has 25 heavy (non-hydrogen) atoms. The zero-order chi connectivity index (χ0) is 17.8. The second-order valence-corrected chi connectivity index (χ2v) is 6.82. The van der Waals surface area contributed by atoms with Crippen LogP contribution in [0.4, 0.5) is 0 Å². The topological polar surface area (TPSA) is 55.1 Å². The van der Waals surface area contributed by atoms with Gasteiger partial charge >= 0.3 is 0 Å². The van der Waals surface area contributed by atoms with Crippen molar-refractivity contribution in [2.75, 3.05) is 0 Å². The van der Waals surface area contributed by atoms with Crippen LogP contribution >= 0.6 is 15.9 Å². The Labute approximate surface area is 155 Å². The Hall–Kier alpha value is -2.40. The van der Waals surface area contributed by atoms with Crippen molar-refractivity contribution in [3.63, 3.8) is 0 Å². The summed E-state index contributed by atoms with van der Waals surface area (Å²) in [5.74, 6) is 1.14. The van der Waals surface area contributed by atoms with E-state index in [0.717, 1.165) is 15.6 Å². The molecule has 0 aliphatic carbocycles. The van der Waals surface area contributed by atoms with Crippen molar-refractivity contribution >= 4 is 21.8 Å². The van der Waals surface area contributed by atoms with E-state index in [1.165, 1.54) is 0 Å². The number of halogens is 1. The zero-order valence-electron chi connectivity index (χ0n) is 14.1. The molecule has 0 aliphatic rings. The zero-order valence-corrected chi connectivity index (χ0v) is 15.7. The van der Waals surface area contributed by atoms with Crippen LogP contribution in [0.15, 0.2) is 63.5 Å². The fourth-order valence-corrected chi connectivity index (χ4v) is 2.84. The van der Waals surface area contributed by atoms with E-state index in [1.54, 1.807) is 0 Å². The number of aromatic nitrogens is 1. The summed E-state index contributed by atoms with van der Waals surface area (Å²) < 4.78 is 6.72. The van der Waals surface area contributed by atoms with Gasteiger partial charge in [-0.3, -0.25) is 4.79 Å². The van der Waals surface area contributed by atoms with Crippen LogP contribution in [0.25, 0.3) is 11.5 Å². The standard InChI is InChI=1S/C20H19BrN2O2/c1-13(15-8-10-17(21)11-9-15)22-19(24)12-18-14(2)25-20(23-18)16-6-4-3-5-7-16/h3-11,13H,12H2,1-2H3,(H,22,24). The number of aryl methyl sites for hydroxylation is 1. The molecule has 3 aromatic rings. The maximum absolute atomic E-state index is 12.4. The third-order valence-electron chi connectivity index (χ3n) is 3.99. The van der Waals surface area contributed by atoms with Gasteiger partial charge in [-0.1, -0.05) is 46.3 Å². The molecule has 4 nitrogen and oxygen atoms in total. The fourth-order valence-electron chi connectivity index (χ4n) is 2.58. The molecule has 1 aromatic heterocycles. The SMILES string of the molecule is Cc1oc(-c2ccccc2)nc1CC(=O)NC(C)c1ccc(Br)cc1. The molecular weight excluding hydrogens is 380 g/mol. The molecule has 1 heterocycles. The molecule has 0 fully saturated rings. The Bertz CT molecular complexity index is 857. The third-order valence-corrected chi connectivity index (χ3v) is 4.52. The van der Waals surface area contributed by atoms with Gasteiger partial charge in [0, 0.05) is 10.0 Å². The molecule has 1 atom stereocenters. The molecule has 0 spiro atoms. The quantitative estimate of drug-likeness (QED) is 0.669. The Morgan fingerprint density at radius 1 is 1.16 bits per heavy atom. The summed E-state index contributed by atoms with van der Waals surface area (Å²) in [6.07, 6.45) is 0.197. The van der Waals surface area contributed by atoms with Crippen molar-refractivity contribution in [1.82, 2.24) is 10.3 Å². The van der Waals surface area contributed by atoms with Crippen LogP contribution in [0.1, 0.15) is 30.0 Å². The average Bonchev–Trinajstić information content (AvgIpc) is 2.97. The molecule has 0 radical (unpaired) electrons. The summed E-state index contributed by atoms with van der Waals surface area (Å²) in [5.41, 5.74) is 2.62. The monoisotopic (exact) mass is 398 g/mol. The highest BCUT2D eigenvalue weighted by atomic mass is 79.9. The Kier molecular flexibility index (Phi) is 5.34. The molecule has 3 rings (SSSR count). The van der Waals surface area contributed by atoms with Gasteiger partial charge in [-0.25, -0.2) is 4.98 Å². The van der Waals surface area contributed by atoms with Gasteiger partial charge in [-0.15, -0.1) is 0 Å². The Balaban J connectivity index is 1.67. The molecule has 0 saturated carbocycles. The molecule has 5 heteroatoms. The first kappa shape index (κ1) is 17.4. The molecule has 128 valence electrons. The summed E-state index contributed by atoms with van der Waals surface area (Å²) in [5, 5.41) is 3.00.